The number of H-pyrrole nitrogens is 1. The predicted molar refractivity (Wildman–Crippen MR) is 97.0 cm³/mol. The number of fused-ring (bicyclic) bond motifs is 3. The first-order chi connectivity index (χ1) is 10.7. The van der Waals surface area contributed by atoms with Gasteiger partial charge >= 0.3 is 137 Å². The number of benzene rings is 1. The molecule has 0 radical (unpaired) electrons. The summed E-state index contributed by atoms with van der Waals surface area (Å²) in [6, 6.07) is 9.29. The van der Waals surface area contributed by atoms with Crippen LogP contribution >= 0.6 is 19.8 Å². The maximum absolute atomic E-state index is 12.6. The summed E-state index contributed by atoms with van der Waals surface area (Å²) in [4.78, 5) is 15.1. The second-order valence-electron chi connectivity index (χ2n) is 6.35. The number of para-hydroxylation sites is 1. The van der Waals surface area contributed by atoms with Gasteiger partial charge in [0, 0.05) is 0 Å². The second-order valence-corrected chi connectivity index (χ2v) is 12.2. The molecule has 2 unspecified atom stereocenters. The van der Waals surface area contributed by atoms with Gasteiger partial charge in [-0.2, -0.15) is 0 Å². The minimum atomic E-state index is -0.683. The average molecular weight is 412 g/mol. The van der Waals surface area contributed by atoms with Crippen molar-refractivity contribution in [1.29, 1.82) is 0 Å². The van der Waals surface area contributed by atoms with E-state index < -0.39 is 19.8 Å². The first-order valence-electron chi connectivity index (χ1n) is 7.71. The van der Waals surface area contributed by atoms with Crippen LogP contribution in [-0.2, 0) is 0 Å². The molecule has 2 fully saturated rings. The number of aromatic amines is 1. The summed E-state index contributed by atoms with van der Waals surface area (Å²) >= 11 is -0.683. The van der Waals surface area contributed by atoms with Crippen molar-refractivity contribution in [1.82, 2.24) is 20.8 Å². The van der Waals surface area contributed by atoms with Gasteiger partial charge in [-0.3, -0.25) is 0 Å². The van der Waals surface area contributed by atoms with Crippen LogP contribution in [0.15, 0.2) is 24.3 Å². The van der Waals surface area contributed by atoms with Crippen molar-refractivity contribution in [3.05, 3.63) is 30.0 Å². The summed E-state index contributed by atoms with van der Waals surface area (Å²) in [6.07, 6.45) is 2.12. The van der Waals surface area contributed by atoms with Crippen LogP contribution in [0.3, 0.4) is 0 Å². The Hall–Kier alpha value is -1.15. The van der Waals surface area contributed by atoms with Crippen molar-refractivity contribution >= 4 is 36.6 Å². The number of halogens is 1. The van der Waals surface area contributed by atoms with Gasteiger partial charge in [0.2, 0.25) is 0 Å². The third-order valence-corrected chi connectivity index (χ3v) is 9.66. The Balaban J connectivity index is 1.48. The molecule has 1 aromatic heterocycles. The fourth-order valence-electron chi connectivity index (χ4n) is 3.67. The van der Waals surface area contributed by atoms with Gasteiger partial charge in [0.25, 0.3) is 0 Å². The standard InChI is InChI=1S/C16H21IN4O/c1-17-8-11-6-10(7-12(9-17)18-11)19-16(22)15-13-4-2-3-5-14(13)20-21-15/h2-5,10-12,18H,6-9H2,1H3,(H,19,22)(H,20,21). The molecule has 2 aliphatic rings. The first-order valence-corrected chi connectivity index (χ1v) is 12.9. The molecule has 3 heterocycles. The van der Waals surface area contributed by atoms with Crippen molar-refractivity contribution in [3.8, 4) is 0 Å². The van der Waals surface area contributed by atoms with Crippen LogP contribution in [0.1, 0.15) is 23.3 Å². The van der Waals surface area contributed by atoms with E-state index in [9.17, 15) is 4.79 Å². The van der Waals surface area contributed by atoms with Crippen molar-refractivity contribution in [2.24, 2.45) is 0 Å². The third kappa shape index (κ3) is 2.74. The van der Waals surface area contributed by atoms with Crippen LogP contribution in [0.25, 0.3) is 10.9 Å². The molecule has 2 atom stereocenters. The molecule has 1 aromatic carbocycles. The number of nitrogens with zero attached hydrogens (tertiary/aromatic N) is 1. The topological polar surface area (TPSA) is 69.8 Å². The van der Waals surface area contributed by atoms with Crippen LogP contribution in [0, 0.1) is 0 Å². The Kier molecular flexibility index (Phi) is 3.81. The molecule has 2 saturated heterocycles. The Morgan fingerprint density at radius 2 is 2.00 bits per heavy atom. The van der Waals surface area contributed by atoms with Crippen molar-refractivity contribution in [3.63, 3.8) is 0 Å². The summed E-state index contributed by atoms with van der Waals surface area (Å²) in [6.45, 7) is 0. The van der Waals surface area contributed by atoms with Crippen LogP contribution in [0.5, 0.6) is 0 Å². The number of hydrogen-bond acceptors (Lipinski definition) is 3. The molecule has 2 aliphatic heterocycles. The summed E-state index contributed by atoms with van der Waals surface area (Å²) < 4.78 is 2.75. The molecule has 2 bridgehead atoms. The van der Waals surface area contributed by atoms with Crippen LogP contribution in [0.2, 0.25) is 0 Å². The molecule has 0 aliphatic carbocycles. The van der Waals surface area contributed by atoms with E-state index >= 15 is 0 Å². The van der Waals surface area contributed by atoms with Crippen molar-refractivity contribution < 1.29 is 4.79 Å². The van der Waals surface area contributed by atoms with E-state index in [-0.39, 0.29) is 11.9 Å². The fraction of sp³-hybridized carbons (Fsp3) is 0.500. The molecular formula is C16H21IN4O. The van der Waals surface area contributed by atoms with Crippen LogP contribution in [-0.4, -0.2) is 48.0 Å². The first kappa shape index (κ1) is 14.4. The number of piperidine rings is 1. The summed E-state index contributed by atoms with van der Waals surface area (Å²) in [7, 11) is 0. The number of rotatable bonds is 2. The average Bonchev–Trinajstić information content (AvgIpc) is 2.89. The summed E-state index contributed by atoms with van der Waals surface area (Å²) in [5.74, 6) is -0.0470. The van der Waals surface area contributed by atoms with E-state index in [2.05, 4.69) is 25.8 Å². The number of carbonyl (C=O) groups is 1. The molecule has 6 heteroatoms. The zero-order valence-corrected chi connectivity index (χ0v) is 14.8. The Morgan fingerprint density at radius 1 is 1.27 bits per heavy atom. The Bertz CT molecular complexity index is 682. The monoisotopic (exact) mass is 412 g/mol. The number of aromatic nitrogens is 2. The normalized spacial score (nSPS) is 29.5. The maximum atomic E-state index is 12.6. The fourth-order valence-corrected chi connectivity index (χ4v) is 8.89. The van der Waals surface area contributed by atoms with Crippen LogP contribution in [0.4, 0.5) is 0 Å². The second kappa shape index (κ2) is 5.81. The summed E-state index contributed by atoms with van der Waals surface area (Å²) in [5, 5.41) is 15.0. The SMILES string of the molecule is CI1CC2CC(NC(=O)c3n[nH]c4ccccc34)CC(C1)N2. The summed E-state index contributed by atoms with van der Waals surface area (Å²) in [5.41, 5.74) is 1.43. The van der Waals surface area contributed by atoms with Gasteiger partial charge in [0.05, 0.1) is 0 Å². The molecule has 0 spiro atoms. The van der Waals surface area contributed by atoms with E-state index in [1.807, 2.05) is 24.3 Å². The molecule has 5 nitrogen and oxygen atoms in total. The van der Waals surface area contributed by atoms with Gasteiger partial charge in [0.1, 0.15) is 0 Å². The molecule has 4 rings (SSSR count). The van der Waals surface area contributed by atoms with E-state index in [1.165, 1.54) is 8.86 Å². The Labute approximate surface area is 137 Å². The van der Waals surface area contributed by atoms with Gasteiger partial charge in [-0.05, 0) is 0 Å². The molecule has 1 amide bonds. The Morgan fingerprint density at radius 3 is 2.77 bits per heavy atom. The molecule has 0 saturated carbocycles. The van der Waals surface area contributed by atoms with Crippen LogP contribution < -0.4 is 10.6 Å². The predicted octanol–water partition coefficient (Wildman–Crippen LogP) is 1.93. The van der Waals surface area contributed by atoms with Crippen molar-refractivity contribution in [2.45, 2.75) is 31.0 Å². The molecule has 2 aromatic rings. The van der Waals surface area contributed by atoms with E-state index in [0.29, 0.717) is 17.8 Å². The molecule has 22 heavy (non-hydrogen) atoms. The van der Waals surface area contributed by atoms with Gasteiger partial charge in [-0.15, -0.1) is 0 Å². The number of carbonyl (C=O) groups excluding carboxylic acids is 1. The van der Waals surface area contributed by atoms with E-state index in [0.717, 1.165) is 23.7 Å². The number of alkyl halides is 3. The number of nitrogens with one attached hydrogen (secondary N) is 3. The molecular weight excluding hydrogens is 391 g/mol. The zero-order chi connectivity index (χ0) is 15.1. The number of amides is 1. The van der Waals surface area contributed by atoms with Crippen molar-refractivity contribution in [2.75, 3.05) is 13.8 Å². The van der Waals surface area contributed by atoms with Gasteiger partial charge in [-0.25, -0.2) is 0 Å². The van der Waals surface area contributed by atoms with E-state index in [1.54, 1.807) is 0 Å². The third-order valence-electron chi connectivity index (χ3n) is 4.53. The quantitative estimate of drug-likeness (QED) is 0.522. The van der Waals surface area contributed by atoms with Gasteiger partial charge < -0.3 is 0 Å². The minimum absolute atomic E-state index is 0.0470. The number of hydrogen-bond donors (Lipinski definition) is 3. The van der Waals surface area contributed by atoms with E-state index in [4.69, 9.17) is 0 Å². The van der Waals surface area contributed by atoms with Gasteiger partial charge in [0.15, 0.2) is 0 Å². The molecule has 3 N–H and O–H groups in total. The zero-order valence-electron chi connectivity index (χ0n) is 12.6. The molecule has 118 valence electrons. The van der Waals surface area contributed by atoms with Gasteiger partial charge in [-0.1, -0.05) is 0 Å².